The highest BCUT2D eigenvalue weighted by molar-refractivity contribution is 6.48. The number of rotatable bonds is 3. The van der Waals surface area contributed by atoms with Crippen LogP contribution in [0.15, 0.2) is 48.5 Å². The van der Waals surface area contributed by atoms with Crippen molar-refractivity contribution in [3.63, 3.8) is 0 Å². The molecule has 3 aromatic rings. The molecule has 26 heavy (non-hydrogen) atoms. The van der Waals surface area contributed by atoms with Crippen molar-refractivity contribution in [2.45, 2.75) is 13.0 Å². The minimum absolute atomic E-state index is 0.504. The van der Waals surface area contributed by atoms with Crippen LogP contribution in [0.2, 0.25) is 5.02 Å². The van der Waals surface area contributed by atoms with E-state index in [4.69, 9.17) is 11.6 Å². The number of carbonyl (C=O) groups excluding carboxylic acids is 2. The van der Waals surface area contributed by atoms with Crippen molar-refractivity contribution in [2.75, 3.05) is 18.4 Å². The molecular weight excluding hydrogens is 350 g/mol. The number of fused-ring (bicyclic) bond motifs is 3. The number of nitrogens with one attached hydrogen (secondary N) is 2. The van der Waals surface area contributed by atoms with E-state index in [1.807, 2.05) is 24.3 Å². The quantitative estimate of drug-likeness (QED) is 0.551. The van der Waals surface area contributed by atoms with Crippen molar-refractivity contribution < 1.29 is 9.59 Å². The fourth-order valence-electron chi connectivity index (χ4n) is 3.52. The van der Waals surface area contributed by atoms with Gasteiger partial charge in [0.1, 0.15) is 0 Å². The summed E-state index contributed by atoms with van der Waals surface area (Å²) in [5.74, 6) is -1.17. The minimum Gasteiger partial charge on any atom is -0.343 e. The van der Waals surface area contributed by atoms with E-state index in [9.17, 15) is 9.59 Å². The minimum atomic E-state index is -0.649. The van der Waals surface area contributed by atoms with Gasteiger partial charge in [0, 0.05) is 53.4 Å². The summed E-state index contributed by atoms with van der Waals surface area (Å²) in [6, 6.07) is 14.5. The normalized spacial score (nSPS) is 13.9. The molecular formula is C20H18ClN3O2. The van der Waals surface area contributed by atoms with Gasteiger partial charge in [-0.05, 0) is 24.3 Å². The van der Waals surface area contributed by atoms with Gasteiger partial charge in [0.05, 0.1) is 5.56 Å². The Morgan fingerprint density at radius 1 is 1.08 bits per heavy atom. The smallest absolute Gasteiger partial charge is 0.296 e. The molecule has 1 aliphatic heterocycles. The van der Waals surface area contributed by atoms with Crippen LogP contribution in [0.4, 0.5) is 5.69 Å². The first-order valence-electron chi connectivity index (χ1n) is 8.57. The Morgan fingerprint density at radius 3 is 2.77 bits per heavy atom. The number of para-hydroxylation sites is 1. The van der Waals surface area contributed by atoms with Gasteiger partial charge < -0.3 is 15.2 Å². The molecule has 2 heterocycles. The van der Waals surface area contributed by atoms with Crippen molar-refractivity contribution in [1.82, 2.24) is 9.88 Å². The maximum atomic E-state index is 13.0. The van der Waals surface area contributed by atoms with Crippen LogP contribution in [0.5, 0.6) is 0 Å². The van der Waals surface area contributed by atoms with Gasteiger partial charge in [0.15, 0.2) is 0 Å². The average molecular weight is 368 g/mol. The third-order valence-corrected chi connectivity index (χ3v) is 4.88. The third kappa shape index (κ3) is 3.00. The zero-order valence-electron chi connectivity index (χ0n) is 14.1. The summed E-state index contributed by atoms with van der Waals surface area (Å²) in [6.07, 6.45) is 0.709. The number of hydrogen-bond acceptors (Lipinski definition) is 3. The number of anilines is 1. The molecule has 0 radical (unpaired) electrons. The number of halogens is 1. The second-order valence-electron chi connectivity index (χ2n) is 6.28. The molecule has 0 atom stereocenters. The van der Waals surface area contributed by atoms with Crippen LogP contribution in [-0.2, 0) is 17.8 Å². The molecule has 0 unspecified atom stereocenters. The molecule has 0 bridgehead atoms. The topological polar surface area (TPSA) is 63.1 Å². The highest BCUT2D eigenvalue weighted by atomic mass is 35.5. The maximum Gasteiger partial charge on any atom is 0.296 e. The van der Waals surface area contributed by atoms with Crippen LogP contribution < -0.4 is 10.6 Å². The third-order valence-electron chi connectivity index (χ3n) is 4.65. The molecule has 2 N–H and O–H groups in total. The largest absolute Gasteiger partial charge is 0.343 e. The molecule has 1 amide bonds. The molecule has 1 aromatic heterocycles. The van der Waals surface area contributed by atoms with Gasteiger partial charge in [-0.15, -0.1) is 0 Å². The number of Topliss-reactive ketones (excluding diaryl/α,β-unsaturated/α-hetero) is 1. The van der Waals surface area contributed by atoms with Crippen molar-refractivity contribution in [1.29, 1.82) is 0 Å². The van der Waals surface area contributed by atoms with E-state index in [1.54, 1.807) is 24.3 Å². The number of ketones is 1. The van der Waals surface area contributed by atoms with Gasteiger partial charge >= 0.3 is 0 Å². The SMILES string of the molecule is O=C(Nc1cccc(Cl)c1)C(=O)c1c2n(c3ccccc13)CCNCC2. The van der Waals surface area contributed by atoms with Crippen molar-refractivity contribution in [2.24, 2.45) is 0 Å². The number of hydrogen-bond donors (Lipinski definition) is 2. The van der Waals surface area contributed by atoms with Crippen molar-refractivity contribution >= 4 is 39.9 Å². The summed E-state index contributed by atoms with van der Waals surface area (Å²) in [5.41, 5.74) is 2.92. The van der Waals surface area contributed by atoms with E-state index in [-0.39, 0.29) is 0 Å². The Kier molecular flexibility index (Phi) is 4.49. The molecule has 0 saturated heterocycles. The van der Waals surface area contributed by atoms with Crippen LogP contribution in [0.3, 0.4) is 0 Å². The van der Waals surface area contributed by atoms with Crippen LogP contribution in [0.25, 0.3) is 10.9 Å². The van der Waals surface area contributed by atoms with Crippen molar-refractivity contribution in [3.05, 3.63) is 64.8 Å². The lowest BCUT2D eigenvalue weighted by Gasteiger charge is -2.08. The Morgan fingerprint density at radius 2 is 1.92 bits per heavy atom. The Hall–Kier alpha value is -2.63. The average Bonchev–Trinajstić information content (AvgIpc) is 2.78. The van der Waals surface area contributed by atoms with Gasteiger partial charge in [-0.25, -0.2) is 0 Å². The van der Waals surface area contributed by atoms with Crippen molar-refractivity contribution in [3.8, 4) is 0 Å². The Balaban J connectivity index is 1.74. The lowest BCUT2D eigenvalue weighted by molar-refractivity contribution is -0.112. The summed E-state index contributed by atoms with van der Waals surface area (Å²) in [5, 5.41) is 7.33. The second kappa shape index (κ2) is 6.94. The fourth-order valence-corrected chi connectivity index (χ4v) is 3.71. The molecule has 2 aromatic carbocycles. The first kappa shape index (κ1) is 16.8. The summed E-state index contributed by atoms with van der Waals surface area (Å²) in [7, 11) is 0. The predicted octanol–water partition coefficient (Wildman–Crippen LogP) is 3.26. The van der Waals surface area contributed by atoms with Gasteiger partial charge in [-0.3, -0.25) is 9.59 Å². The Labute approximate surface area is 155 Å². The summed E-state index contributed by atoms with van der Waals surface area (Å²) < 4.78 is 2.15. The zero-order chi connectivity index (χ0) is 18.1. The van der Waals surface area contributed by atoms with Crippen LogP contribution in [0, 0.1) is 0 Å². The summed E-state index contributed by atoms with van der Waals surface area (Å²) in [6.45, 7) is 2.40. The molecule has 5 nitrogen and oxygen atoms in total. The predicted molar refractivity (Wildman–Crippen MR) is 103 cm³/mol. The molecule has 0 aliphatic carbocycles. The zero-order valence-corrected chi connectivity index (χ0v) is 14.8. The number of carbonyl (C=O) groups is 2. The van der Waals surface area contributed by atoms with Gasteiger partial charge in [-0.2, -0.15) is 0 Å². The molecule has 0 fully saturated rings. The fraction of sp³-hybridized carbons (Fsp3) is 0.200. The molecule has 6 heteroatoms. The lowest BCUT2D eigenvalue weighted by Crippen LogP contribution is -2.24. The van der Waals surface area contributed by atoms with E-state index < -0.39 is 11.7 Å². The monoisotopic (exact) mass is 367 g/mol. The van der Waals surface area contributed by atoms with Gasteiger partial charge in [-0.1, -0.05) is 35.9 Å². The number of aromatic nitrogens is 1. The lowest BCUT2D eigenvalue weighted by atomic mass is 10.0. The maximum absolute atomic E-state index is 13.0. The van der Waals surface area contributed by atoms with E-state index in [2.05, 4.69) is 15.2 Å². The van der Waals surface area contributed by atoms with E-state index in [0.29, 0.717) is 22.7 Å². The summed E-state index contributed by atoms with van der Waals surface area (Å²) in [4.78, 5) is 25.6. The number of benzene rings is 2. The molecule has 132 valence electrons. The number of nitrogens with zero attached hydrogens (tertiary/aromatic N) is 1. The van der Waals surface area contributed by atoms with Crippen LogP contribution in [-0.4, -0.2) is 29.3 Å². The highest BCUT2D eigenvalue weighted by Crippen LogP contribution is 2.28. The first-order chi connectivity index (χ1) is 12.6. The van der Waals surface area contributed by atoms with Crippen LogP contribution >= 0.6 is 11.6 Å². The van der Waals surface area contributed by atoms with Crippen LogP contribution in [0.1, 0.15) is 16.1 Å². The molecule has 0 saturated carbocycles. The van der Waals surface area contributed by atoms with E-state index >= 15 is 0 Å². The number of amides is 1. The summed E-state index contributed by atoms with van der Waals surface area (Å²) >= 11 is 5.95. The molecule has 1 aliphatic rings. The van der Waals surface area contributed by atoms with Gasteiger partial charge in [0.2, 0.25) is 0 Å². The van der Waals surface area contributed by atoms with Gasteiger partial charge in [0.25, 0.3) is 11.7 Å². The first-order valence-corrected chi connectivity index (χ1v) is 8.95. The van der Waals surface area contributed by atoms with E-state index in [1.165, 1.54) is 0 Å². The van der Waals surface area contributed by atoms with E-state index in [0.717, 1.165) is 36.2 Å². The Bertz CT molecular complexity index is 1010. The standard InChI is InChI=1S/C20H18ClN3O2/c21-13-4-3-5-14(12-13)23-20(26)19(25)18-15-6-1-2-7-16(15)24-11-10-22-9-8-17(18)24/h1-7,12,22H,8-11H2,(H,23,26). The molecule has 4 rings (SSSR count). The molecule has 0 spiro atoms. The second-order valence-corrected chi connectivity index (χ2v) is 6.72. The highest BCUT2D eigenvalue weighted by Gasteiger charge is 2.27.